The van der Waals surface area contributed by atoms with Gasteiger partial charge >= 0.3 is 0 Å². The Morgan fingerprint density at radius 3 is 3.05 bits per heavy atom. The van der Waals surface area contributed by atoms with Crippen LogP contribution < -0.4 is 0 Å². The molecule has 0 aromatic carbocycles. The molecule has 0 N–H and O–H groups in total. The van der Waals surface area contributed by atoms with E-state index in [0.29, 0.717) is 11.9 Å². The smallest absolute Gasteiger partial charge is 0.223 e. The highest BCUT2D eigenvalue weighted by Gasteiger charge is 2.22. The van der Waals surface area contributed by atoms with Crippen LogP contribution in [0.4, 0.5) is 0 Å². The number of hydrogen-bond donors (Lipinski definition) is 0. The molecule has 1 saturated heterocycles. The molecular formula is C14H22N6OS. The van der Waals surface area contributed by atoms with Gasteiger partial charge in [0.15, 0.2) is 5.82 Å². The highest BCUT2D eigenvalue weighted by atomic mass is 32.1. The summed E-state index contributed by atoms with van der Waals surface area (Å²) in [7, 11) is 2.15. The summed E-state index contributed by atoms with van der Waals surface area (Å²) >= 11 is 1.42. The van der Waals surface area contributed by atoms with Gasteiger partial charge in [0.2, 0.25) is 5.89 Å². The normalized spacial score (nSPS) is 20.4. The first-order valence-corrected chi connectivity index (χ1v) is 8.52. The van der Waals surface area contributed by atoms with Crippen molar-refractivity contribution in [3.05, 3.63) is 22.8 Å². The first-order chi connectivity index (χ1) is 10.7. The lowest BCUT2D eigenvalue weighted by Gasteiger charge is -2.26. The third kappa shape index (κ3) is 4.08. The van der Waals surface area contributed by atoms with Crippen molar-refractivity contribution in [2.24, 2.45) is 0 Å². The molecule has 1 unspecified atom stereocenters. The quantitative estimate of drug-likeness (QED) is 0.830. The van der Waals surface area contributed by atoms with Crippen LogP contribution in [0.3, 0.4) is 0 Å². The average molecular weight is 322 g/mol. The molecule has 120 valence electrons. The summed E-state index contributed by atoms with van der Waals surface area (Å²) in [4.78, 5) is 9.11. The number of nitrogens with zero attached hydrogens (tertiary/aromatic N) is 6. The molecule has 1 fully saturated rings. The van der Waals surface area contributed by atoms with Gasteiger partial charge < -0.3 is 4.52 Å². The van der Waals surface area contributed by atoms with E-state index in [-0.39, 0.29) is 0 Å². The second kappa shape index (κ2) is 7.26. The number of aryl methyl sites for hydroxylation is 1. The zero-order valence-electron chi connectivity index (χ0n) is 13.1. The fourth-order valence-electron chi connectivity index (χ4n) is 2.98. The Kier molecular flexibility index (Phi) is 5.12. The predicted molar refractivity (Wildman–Crippen MR) is 83.3 cm³/mol. The van der Waals surface area contributed by atoms with E-state index in [9.17, 15) is 0 Å². The van der Waals surface area contributed by atoms with Crippen LogP contribution >= 0.6 is 11.5 Å². The molecule has 0 bridgehead atoms. The lowest BCUT2D eigenvalue weighted by atomic mass is 10.1. The van der Waals surface area contributed by atoms with Gasteiger partial charge in [-0.3, -0.25) is 9.80 Å². The Morgan fingerprint density at radius 1 is 1.41 bits per heavy atom. The molecule has 1 aliphatic heterocycles. The monoisotopic (exact) mass is 322 g/mol. The van der Waals surface area contributed by atoms with Crippen molar-refractivity contribution in [3.8, 4) is 0 Å². The van der Waals surface area contributed by atoms with Crippen molar-refractivity contribution in [1.82, 2.24) is 29.5 Å². The minimum atomic E-state index is 0.567. The van der Waals surface area contributed by atoms with Crippen molar-refractivity contribution in [3.63, 3.8) is 0 Å². The minimum Gasteiger partial charge on any atom is -0.340 e. The fourth-order valence-corrected chi connectivity index (χ4v) is 3.42. The maximum Gasteiger partial charge on any atom is 0.223 e. The molecule has 0 spiro atoms. The standard InChI is InChI=1S/C14H22N6OS/c1-11-15-14(17-21-11)9-19(2)13-4-3-6-20(7-5-13)8-12-10-22-18-16-12/h10,13H,3-9H2,1-2H3. The van der Waals surface area contributed by atoms with Crippen molar-refractivity contribution in [1.29, 1.82) is 0 Å². The number of rotatable bonds is 5. The van der Waals surface area contributed by atoms with Crippen molar-refractivity contribution >= 4 is 11.5 Å². The maximum absolute atomic E-state index is 5.05. The Hall–Kier alpha value is -1.38. The van der Waals surface area contributed by atoms with E-state index in [1.54, 1.807) is 0 Å². The van der Waals surface area contributed by atoms with Crippen LogP contribution in [0.2, 0.25) is 0 Å². The van der Waals surface area contributed by atoms with Crippen LogP contribution in [-0.4, -0.2) is 55.7 Å². The molecule has 8 heteroatoms. The summed E-state index contributed by atoms with van der Waals surface area (Å²) in [5, 5.41) is 10.2. The minimum absolute atomic E-state index is 0.567. The SMILES string of the molecule is Cc1nc(CN(C)C2CCCN(Cc3csnn3)CC2)no1. The molecule has 22 heavy (non-hydrogen) atoms. The lowest BCUT2D eigenvalue weighted by molar-refractivity contribution is 0.200. The average Bonchev–Trinajstić information content (AvgIpc) is 3.07. The van der Waals surface area contributed by atoms with Crippen molar-refractivity contribution < 1.29 is 4.52 Å². The van der Waals surface area contributed by atoms with Gasteiger partial charge in [-0.1, -0.05) is 9.64 Å². The molecule has 0 aliphatic carbocycles. The first kappa shape index (κ1) is 15.5. The second-order valence-electron chi connectivity index (χ2n) is 5.90. The molecular weight excluding hydrogens is 300 g/mol. The number of hydrogen-bond acceptors (Lipinski definition) is 8. The summed E-state index contributed by atoms with van der Waals surface area (Å²) in [6, 6.07) is 0.567. The van der Waals surface area contributed by atoms with Gasteiger partial charge in [-0.25, -0.2) is 0 Å². The molecule has 0 radical (unpaired) electrons. The van der Waals surface area contributed by atoms with Crippen LogP contribution in [0.25, 0.3) is 0 Å². The summed E-state index contributed by atoms with van der Waals surface area (Å²) in [6.07, 6.45) is 3.57. The van der Waals surface area contributed by atoms with Gasteiger partial charge in [-0.2, -0.15) is 4.98 Å². The topological polar surface area (TPSA) is 71.2 Å². The van der Waals surface area contributed by atoms with Gasteiger partial charge in [-0.15, -0.1) is 5.10 Å². The lowest BCUT2D eigenvalue weighted by Crippen LogP contribution is -2.33. The van der Waals surface area contributed by atoms with Gasteiger partial charge in [0.1, 0.15) is 0 Å². The third-order valence-corrected chi connectivity index (χ3v) is 4.72. The zero-order valence-corrected chi connectivity index (χ0v) is 13.9. The fraction of sp³-hybridized carbons (Fsp3) is 0.714. The van der Waals surface area contributed by atoms with Crippen LogP contribution in [0.5, 0.6) is 0 Å². The van der Waals surface area contributed by atoms with Crippen molar-refractivity contribution in [2.45, 2.75) is 45.3 Å². The summed E-state index contributed by atoms with van der Waals surface area (Å²) < 4.78 is 8.98. The van der Waals surface area contributed by atoms with E-state index in [1.165, 1.54) is 24.4 Å². The van der Waals surface area contributed by atoms with E-state index in [2.05, 4.69) is 36.6 Å². The molecule has 7 nitrogen and oxygen atoms in total. The molecule has 0 saturated carbocycles. The molecule has 2 aromatic heterocycles. The zero-order chi connectivity index (χ0) is 15.4. The van der Waals surface area contributed by atoms with E-state index in [0.717, 1.165) is 44.1 Å². The summed E-state index contributed by atoms with van der Waals surface area (Å²) in [5.74, 6) is 1.40. The molecule has 3 rings (SSSR count). The molecule has 1 atom stereocenters. The van der Waals surface area contributed by atoms with E-state index in [4.69, 9.17) is 4.52 Å². The van der Waals surface area contributed by atoms with Crippen LogP contribution in [0.15, 0.2) is 9.90 Å². The van der Waals surface area contributed by atoms with E-state index in [1.807, 2.05) is 12.3 Å². The maximum atomic E-state index is 5.05. The Bertz CT molecular complexity index is 572. The summed E-state index contributed by atoms with van der Waals surface area (Å²) in [5.41, 5.74) is 1.08. The molecule has 1 aliphatic rings. The van der Waals surface area contributed by atoms with Crippen molar-refractivity contribution in [2.75, 3.05) is 20.1 Å². The van der Waals surface area contributed by atoms with Gasteiger partial charge in [0.25, 0.3) is 0 Å². The molecule has 0 amide bonds. The van der Waals surface area contributed by atoms with E-state index >= 15 is 0 Å². The third-order valence-electron chi connectivity index (χ3n) is 4.16. The molecule has 2 aromatic rings. The van der Waals surface area contributed by atoms with Gasteiger partial charge in [-0.05, 0) is 44.4 Å². The predicted octanol–water partition coefficient (Wildman–Crippen LogP) is 1.72. The Balaban J connectivity index is 1.51. The van der Waals surface area contributed by atoms with Gasteiger partial charge in [0.05, 0.1) is 12.2 Å². The van der Waals surface area contributed by atoms with Crippen LogP contribution in [0, 0.1) is 6.92 Å². The number of aromatic nitrogens is 4. The van der Waals surface area contributed by atoms with Gasteiger partial charge in [0, 0.05) is 31.4 Å². The highest BCUT2D eigenvalue weighted by molar-refractivity contribution is 7.03. The Labute approximate surface area is 134 Å². The van der Waals surface area contributed by atoms with E-state index < -0.39 is 0 Å². The van der Waals surface area contributed by atoms with Crippen LogP contribution in [0.1, 0.15) is 36.7 Å². The Morgan fingerprint density at radius 2 is 2.32 bits per heavy atom. The van der Waals surface area contributed by atoms with Crippen LogP contribution in [-0.2, 0) is 13.1 Å². The highest BCUT2D eigenvalue weighted by Crippen LogP contribution is 2.18. The largest absolute Gasteiger partial charge is 0.340 e. The second-order valence-corrected chi connectivity index (χ2v) is 6.51. The summed E-state index contributed by atoms with van der Waals surface area (Å²) in [6.45, 7) is 5.71. The first-order valence-electron chi connectivity index (χ1n) is 7.68. The molecule has 3 heterocycles. The number of likely N-dealkylation sites (tertiary alicyclic amines) is 1.